The van der Waals surface area contributed by atoms with Gasteiger partial charge < -0.3 is 4.57 Å². The fourth-order valence-corrected chi connectivity index (χ4v) is 3.81. The van der Waals surface area contributed by atoms with E-state index in [9.17, 15) is 4.39 Å². The zero-order valence-electron chi connectivity index (χ0n) is 11.9. The number of hydrogen-bond acceptors (Lipinski definition) is 1. The first-order valence-electron chi connectivity index (χ1n) is 7.32. The van der Waals surface area contributed by atoms with Gasteiger partial charge in [0.15, 0.2) is 0 Å². The summed E-state index contributed by atoms with van der Waals surface area (Å²) in [7, 11) is 0. The van der Waals surface area contributed by atoms with Crippen molar-refractivity contribution in [1.29, 1.82) is 0 Å². The molecule has 2 aromatic rings. The number of benzene rings is 1. The van der Waals surface area contributed by atoms with E-state index >= 15 is 0 Å². The maximum absolute atomic E-state index is 13.4. The third-order valence-electron chi connectivity index (χ3n) is 4.56. The van der Waals surface area contributed by atoms with Crippen LogP contribution in [-0.2, 0) is 5.88 Å². The molecule has 0 spiro atoms. The Morgan fingerprint density at radius 3 is 2.85 bits per heavy atom. The number of rotatable bonds is 2. The standard InChI is InChI=1S/C16H20ClFN2/c1-10-3-5-14(11(2)7-10)20-15-6-4-12(18)8-13(15)19-16(20)9-17/h4,6,8,10-11,14H,3,5,7,9H2,1-2H3. The van der Waals surface area contributed by atoms with Crippen molar-refractivity contribution in [2.75, 3.05) is 0 Å². The van der Waals surface area contributed by atoms with Crippen LogP contribution in [0.1, 0.15) is 45.0 Å². The molecule has 0 bridgehead atoms. The molecule has 1 aromatic carbocycles. The van der Waals surface area contributed by atoms with Crippen LogP contribution in [0.25, 0.3) is 11.0 Å². The Labute approximate surface area is 123 Å². The topological polar surface area (TPSA) is 17.8 Å². The second-order valence-electron chi connectivity index (χ2n) is 6.13. The molecule has 1 aliphatic carbocycles. The van der Waals surface area contributed by atoms with E-state index in [4.69, 9.17) is 11.6 Å². The molecule has 0 saturated heterocycles. The van der Waals surface area contributed by atoms with Gasteiger partial charge >= 0.3 is 0 Å². The van der Waals surface area contributed by atoms with Crippen LogP contribution in [0.5, 0.6) is 0 Å². The first-order valence-corrected chi connectivity index (χ1v) is 7.86. The van der Waals surface area contributed by atoms with Gasteiger partial charge in [-0.2, -0.15) is 0 Å². The molecule has 0 radical (unpaired) electrons. The Hall–Kier alpha value is -1.09. The highest BCUT2D eigenvalue weighted by atomic mass is 35.5. The Morgan fingerprint density at radius 1 is 1.35 bits per heavy atom. The predicted octanol–water partition coefficient (Wildman–Crippen LogP) is 4.91. The van der Waals surface area contributed by atoms with Gasteiger partial charge in [0.25, 0.3) is 0 Å². The SMILES string of the molecule is CC1CCC(n2c(CCl)nc3cc(F)ccc32)C(C)C1. The molecule has 20 heavy (non-hydrogen) atoms. The first kappa shape index (κ1) is 13.9. The van der Waals surface area contributed by atoms with Gasteiger partial charge in [0.2, 0.25) is 0 Å². The molecular formula is C16H20ClFN2. The van der Waals surface area contributed by atoms with Crippen LogP contribution in [0.4, 0.5) is 4.39 Å². The van der Waals surface area contributed by atoms with Crippen LogP contribution < -0.4 is 0 Å². The van der Waals surface area contributed by atoms with Gasteiger partial charge in [-0.3, -0.25) is 0 Å². The lowest BCUT2D eigenvalue weighted by atomic mass is 9.79. The predicted molar refractivity (Wildman–Crippen MR) is 80.5 cm³/mol. The average Bonchev–Trinajstić information content (AvgIpc) is 2.76. The smallest absolute Gasteiger partial charge is 0.125 e. The number of imidazole rings is 1. The van der Waals surface area contributed by atoms with Crippen LogP contribution in [0.3, 0.4) is 0 Å². The summed E-state index contributed by atoms with van der Waals surface area (Å²) in [5.74, 6) is 2.37. The number of hydrogen-bond donors (Lipinski definition) is 0. The van der Waals surface area contributed by atoms with Crippen molar-refractivity contribution in [3.05, 3.63) is 29.8 Å². The van der Waals surface area contributed by atoms with E-state index in [1.54, 1.807) is 0 Å². The van der Waals surface area contributed by atoms with Gasteiger partial charge in [-0.15, -0.1) is 11.6 Å². The minimum absolute atomic E-state index is 0.242. The molecule has 1 aliphatic rings. The van der Waals surface area contributed by atoms with Crippen LogP contribution in [-0.4, -0.2) is 9.55 Å². The molecule has 2 nitrogen and oxygen atoms in total. The molecule has 3 atom stereocenters. The Kier molecular flexibility index (Phi) is 3.72. The molecule has 108 valence electrons. The van der Waals surface area contributed by atoms with E-state index in [-0.39, 0.29) is 5.82 Å². The lowest BCUT2D eigenvalue weighted by Gasteiger charge is -2.34. The second-order valence-corrected chi connectivity index (χ2v) is 6.39. The highest BCUT2D eigenvalue weighted by Crippen LogP contribution is 2.39. The van der Waals surface area contributed by atoms with Crippen molar-refractivity contribution < 1.29 is 4.39 Å². The molecule has 3 unspecified atom stereocenters. The molecule has 1 saturated carbocycles. The van der Waals surface area contributed by atoms with Crippen LogP contribution in [0.15, 0.2) is 18.2 Å². The van der Waals surface area contributed by atoms with Crippen molar-refractivity contribution in [3.8, 4) is 0 Å². The monoisotopic (exact) mass is 294 g/mol. The fraction of sp³-hybridized carbons (Fsp3) is 0.562. The summed E-state index contributed by atoms with van der Waals surface area (Å²) in [5, 5.41) is 0. The molecular weight excluding hydrogens is 275 g/mol. The van der Waals surface area contributed by atoms with Crippen molar-refractivity contribution >= 4 is 22.6 Å². The van der Waals surface area contributed by atoms with Gasteiger partial charge in [-0.1, -0.05) is 13.8 Å². The molecule has 4 heteroatoms. The van der Waals surface area contributed by atoms with Crippen molar-refractivity contribution in [2.24, 2.45) is 11.8 Å². The molecule has 0 amide bonds. The molecule has 0 aliphatic heterocycles. The quantitative estimate of drug-likeness (QED) is 0.720. The summed E-state index contributed by atoms with van der Waals surface area (Å²) >= 11 is 6.06. The maximum Gasteiger partial charge on any atom is 0.125 e. The molecule has 3 rings (SSSR count). The average molecular weight is 295 g/mol. The molecule has 0 N–H and O–H groups in total. The first-order chi connectivity index (χ1) is 9.60. The largest absolute Gasteiger partial charge is 0.324 e. The lowest BCUT2D eigenvalue weighted by molar-refractivity contribution is 0.209. The minimum Gasteiger partial charge on any atom is -0.324 e. The van der Waals surface area contributed by atoms with Crippen LogP contribution >= 0.6 is 11.6 Å². The molecule has 1 fully saturated rings. The van der Waals surface area contributed by atoms with Crippen molar-refractivity contribution in [2.45, 2.75) is 45.0 Å². The normalized spacial score (nSPS) is 27.1. The van der Waals surface area contributed by atoms with Crippen molar-refractivity contribution in [3.63, 3.8) is 0 Å². The van der Waals surface area contributed by atoms with E-state index in [1.165, 1.54) is 25.0 Å². The van der Waals surface area contributed by atoms with E-state index in [2.05, 4.69) is 23.4 Å². The summed E-state index contributed by atoms with van der Waals surface area (Å²) in [6.45, 7) is 4.62. The van der Waals surface area contributed by atoms with Gasteiger partial charge in [0, 0.05) is 12.1 Å². The number of alkyl halides is 1. The van der Waals surface area contributed by atoms with Gasteiger partial charge in [-0.25, -0.2) is 9.37 Å². The maximum atomic E-state index is 13.4. The second kappa shape index (κ2) is 5.36. The zero-order chi connectivity index (χ0) is 14.3. The third kappa shape index (κ3) is 2.32. The number of nitrogens with zero attached hydrogens (tertiary/aromatic N) is 2. The van der Waals surface area contributed by atoms with Gasteiger partial charge in [0.05, 0.1) is 16.9 Å². The Balaban J connectivity index is 2.09. The number of halogens is 2. The zero-order valence-corrected chi connectivity index (χ0v) is 12.7. The number of aromatic nitrogens is 2. The fourth-order valence-electron chi connectivity index (χ4n) is 3.62. The van der Waals surface area contributed by atoms with Gasteiger partial charge in [-0.05, 0) is 43.2 Å². The van der Waals surface area contributed by atoms with E-state index in [1.807, 2.05) is 6.07 Å². The Bertz CT molecular complexity index is 622. The molecule has 1 aromatic heterocycles. The van der Waals surface area contributed by atoms with E-state index in [0.29, 0.717) is 23.4 Å². The van der Waals surface area contributed by atoms with Crippen LogP contribution in [0, 0.1) is 17.7 Å². The Morgan fingerprint density at radius 2 is 2.15 bits per heavy atom. The summed E-state index contributed by atoms with van der Waals surface area (Å²) < 4.78 is 15.6. The minimum atomic E-state index is -0.242. The summed E-state index contributed by atoms with van der Waals surface area (Å²) in [4.78, 5) is 4.51. The van der Waals surface area contributed by atoms with E-state index in [0.717, 1.165) is 23.7 Å². The summed E-state index contributed by atoms with van der Waals surface area (Å²) in [6, 6.07) is 5.26. The summed E-state index contributed by atoms with van der Waals surface area (Å²) in [6.07, 6.45) is 3.61. The van der Waals surface area contributed by atoms with E-state index < -0.39 is 0 Å². The lowest BCUT2D eigenvalue weighted by Crippen LogP contribution is -2.25. The third-order valence-corrected chi connectivity index (χ3v) is 4.80. The van der Waals surface area contributed by atoms with Crippen LogP contribution in [0.2, 0.25) is 0 Å². The highest BCUT2D eigenvalue weighted by molar-refractivity contribution is 6.16. The number of fused-ring (bicyclic) bond motifs is 1. The summed E-state index contributed by atoms with van der Waals surface area (Å²) in [5.41, 5.74) is 1.72. The highest BCUT2D eigenvalue weighted by Gasteiger charge is 2.29. The van der Waals surface area contributed by atoms with Gasteiger partial charge in [0.1, 0.15) is 11.6 Å². The van der Waals surface area contributed by atoms with Crippen molar-refractivity contribution in [1.82, 2.24) is 9.55 Å². The molecule has 1 heterocycles.